The highest BCUT2D eigenvalue weighted by Gasteiger charge is 2.37. The molecule has 0 radical (unpaired) electrons. The third-order valence-electron chi connectivity index (χ3n) is 5.34. The van der Waals surface area contributed by atoms with Crippen molar-refractivity contribution in [2.45, 2.75) is 26.2 Å². The van der Waals surface area contributed by atoms with Gasteiger partial charge in [-0.2, -0.15) is 10.1 Å². The molecule has 0 amide bonds. The van der Waals surface area contributed by atoms with E-state index in [1.54, 1.807) is 10.9 Å². The minimum atomic E-state index is -0.457. The van der Waals surface area contributed by atoms with Crippen LogP contribution in [0.1, 0.15) is 37.7 Å². The van der Waals surface area contributed by atoms with Gasteiger partial charge in [0, 0.05) is 31.2 Å². The van der Waals surface area contributed by atoms with Crippen LogP contribution in [0.2, 0.25) is 0 Å². The Morgan fingerprint density at radius 1 is 1.27 bits per heavy atom. The van der Waals surface area contributed by atoms with Crippen LogP contribution in [0.25, 0.3) is 17.2 Å². The van der Waals surface area contributed by atoms with E-state index in [-0.39, 0.29) is 11.7 Å². The van der Waals surface area contributed by atoms with Gasteiger partial charge in [-0.15, -0.1) is 0 Å². The van der Waals surface area contributed by atoms with Crippen LogP contribution in [0.4, 0.5) is 0 Å². The van der Waals surface area contributed by atoms with E-state index >= 15 is 0 Å². The molecule has 0 aliphatic heterocycles. The quantitative estimate of drug-likeness (QED) is 0.582. The maximum Gasteiger partial charge on any atom is 0.278 e. The topological polar surface area (TPSA) is 121 Å². The molecule has 2 aromatic heterocycles. The van der Waals surface area contributed by atoms with Gasteiger partial charge in [0.2, 0.25) is 0 Å². The van der Waals surface area contributed by atoms with Crippen LogP contribution in [0, 0.1) is 5.92 Å². The summed E-state index contributed by atoms with van der Waals surface area (Å²) in [6, 6.07) is 9.90. The molecule has 3 aromatic rings. The predicted molar refractivity (Wildman–Crippen MR) is 118 cm³/mol. The van der Waals surface area contributed by atoms with Gasteiger partial charge in [0.05, 0.1) is 5.41 Å². The molecule has 2 heterocycles. The molecule has 0 spiro atoms. The van der Waals surface area contributed by atoms with Crippen LogP contribution in [0.3, 0.4) is 0 Å². The Hall–Kier alpha value is -3.68. The molecule has 1 aromatic carbocycles. The number of allylic oxidation sites excluding steroid dienone is 1. The normalized spacial score (nSPS) is 14.4. The third kappa shape index (κ3) is 4.03. The minimum absolute atomic E-state index is 0.212. The number of nitrogens with two attached hydrogens (primary N) is 2. The second-order valence-corrected chi connectivity index (χ2v) is 7.60. The second kappa shape index (κ2) is 8.36. The monoisotopic (exact) mass is 405 g/mol. The van der Waals surface area contributed by atoms with E-state index in [4.69, 9.17) is 16.0 Å². The molecule has 156 valence electrons. The van der Waals surface area contributed by atoms with Crippen molar-refractivity contribution in [2.24, 2.45) is 29.4 Å². The second-order valence-electron chi connectivity index (χ2n) is 7.60. The van der Waals surface area contributed by atoms with Crippen LogP contribution < -0.4 is 11.5 Å². The van der Waals surface area contributed by atoms with Crippen molar-refractivity contribution in [3.05, 3.63) is 72.1 Å². The van der Waals surface area contributed by atoms with Crippen molar-refractivity contribution in [3.63, 3.8) is 0 Å². The summed E-state index contributed by atoms with van der Waals surface area (Å²) >= 11 is 0. The molecule has 0 bridgehead atoms. The molecule has 0 aliphatic rings. The zero-order chi connectivity index (χ0) is 21.9. The number of hydrogen-bond acceptors (Lipinski definition) is 7. The number of rotatable bonds is 7. The summed E-state index contributed by atoms with van der Waals surface area (Å²) in [5.74, 6) is 1.45. The zero-order valence-electron chi connectivity index (χ0n) is 17.7. The van der Waals surface area contributed by atoms with Gasteiger partial charge < -0.3 is 16.0 Å². The lowest BCUT2D eigenvalue weighted by atomic mass is 9.72. The Bertz CT molecular complexity index is 1090. The van der Waals surface area contributed by atoms with Gasteiger partial charge in [-0.25, -0.2) is 4.99 Å². The Morgan fingerprint density at radius 2 is 1.97 bits per heavy atom. The van der Waals surface area contributed by atoms with E-state index in [1.807, 2.05) is 43.6 Å². The Morgan fingerprint density at radius 3 is 2.50 bits per heavy atom. The summed E-state index contributed by atoms with van der Waals surface area (Å²) in [5, 5.41) is 8.62. The molecule has 30 heavy (non-hydrogen) atoms. The smallest absolute Gasteiger partial charge is 0.278 e. The number of aliphatic imine (C=N–C) groups is 1. The molecule has 0 saturated carbocycles. The van der Waals surface area contributed by atoms with Crippen molar-refractivity contribution in [1.29, 1.82) is 0 Å². The minimum Gasteiger partial charge on any atom is -0.404 e. The highest BCUT2D eigenvalue weighted by molar-refractivity contribution is 6.09. The van der Waals surface area contributed by atoms with Crippen LogP contribution in [-0.2, 0) is 12.5 Å². The van der Waals surface area contributed by atoms with Crippen molar-refractivity contribution in [3.8, 4) is 11.6 Å². The van der Waals surface area contributed by atoms with Crippen molar-refractivity contribution >= 4 is 11.8 Å². The lowest BCUT2D eigenvalue weighted by Crippen LogP contribution is -2.31. The average molecular weight is 406 g/mol. The number of benzene rings is 1. The van der Waals surface area contributed by atoms with Crippen LogP contribution in [0.15, 0.2) is 64.6 Å². The molecule has 0 saturated heterocycles. The van der Waals surface area contributed by atoms with E-state index < -0.39 is 5.41 Å². The molecular formula is C22H27N7O. The lowest BCUT2D eigenvalue weighted by molar-refractivity contribution is 0.350. The highest BCUT2D eigenvalue weighted by atomic mass is 16.5. The number of aryl methyl sites for hydroxylation is 1. The molecule has 0 unspecified atom stereocenters. The van der Waals surface area contributed by atoms with Gasteiger partial charge in [0.25, 0.3) is 5.89 Å². The standard InChI is InChI=1S/C22H27N7O/c1-14(2)22(4,21-26-20(30-28-21)19-10-11-29(5)27-19)18-8-6-16(7-9-18)17(12-23)13-25-15(3)24/h6-14H,3,23-24H2,1-2,4-5H3/b17-12+,25-13?/t22-/m0/s1. The lowest BCUT2D eigenvalue weighted by Gasteiger charge is -2.31. The van der Waals surface area contributed by atoms with E-state index in [1.165, 1.54) is 6.20 Å². The molecule has 4 N–H and O–H groups in total. The molecule has 0 aliphatic carbocycles. The van der Waals surface area contributed by atoms with Gasteiger partial charge in [-0.05, 0) is 30.0 Å². The molecular weight excluding hydrogens is 378 g/mol. The number of aromatic nitrogens is 4. The first kappa shape index (κ1) is 21.0. The molecule has 0 fully saturated rings. The first-order chi connectivity index (χ1) is 14.3. The van der Waals surface area contributed by atoms with Gasteiger partial charge >= 0.3 is 0 Å². The first-order valence-corrected chi connectivity index (χ1v) is 9.61. The fraction of sp³-hybridized carbons (Fsp3) is 0.273. The Balaban J connectivity index is 1.96. The average Bonchev–Trinajstić information content (AvgIpc) is 3.37. The Kier molecular flexibility index (Phi) is 5.86. The van der Waals surface area contributed by atoms with E-state index in [9.17, 15) is 0 Å². The van der Waals surface area contributed by atoms with E-state index in [0.717, 1.165) is 16.7 Å². The summed E-state index contributed by atoms with van der Waals surface area (Å²) in [6.07, 6.45) is 4.92. The summed E-state index contributed by atoms with van der Waals surface area (Å²) < 4.78 is 7.22. The van der Waals surface area contributed by atoms with Crippen LogP contribution in [0.5, 0.6) is 0 Å². The maximum atomic E-state index is 5.75. The van der Waals surface area contributed by atoms with Crippen molar-refractivity contribution in [1.82, 2.24) is 19.9 Å². The molecule has 8 heteroatoms. The van der Waals surface area contributed by atoms with Gasteiger partial charge in [-0.3, -0.25) is 4.68 Å². The summed E-state index contributed by atoms with van der Waals surface area (Å²) in [4.78, 5) is 8.68. The highest BCUT2D eigenvalue weighted by Crippen LogP contribution is 2.38. The number of nitrogens with zero attached hydrogens (tertiary/aromatic N) is 5. The van der Waals surface area contributed by atoms with Gasteiger partial charge in [0.1, 0.15) is 5.82 Å². The van der Waals surface area contributed by atoms with Crippen molar-refractivity contribution in [2.75, 3.05) is 0 Å². The van der Waals surface area contributed by atoms with Crippen LogP contribution in [-0.4, -0.2) is 26.1 Å². The fourth-order valence-corrected chi connectivity index (χ4v) is 3.16. The van der Waals surface area contributed by atoms with Gasteiger partial charge in [0.15, 0.2) is 11.5 Å². The summed E-state index contributed by atoms with van der Waals surface area (Å²) in [5.41, 5.74) is 14.2. The summed E-state index contributed by atoms with van der Waals surface area (Å²) in [7, 11) is 1.85. The van der Waals surface area contributed by atoms with Crippen molar-refractivity contribution < 1.29 is 4.52 Å². The first-order valence-electron chi connectivity index (χ1n) is 9.61. The van der Waals surface area contributed by atoms with Crippen LogP contribution >= 0.6 is 0 Å². The number of hydrogen-bond donors (Lipinski definition) is 2. The molecule has 3 rings (SSSR count). The molecule has 1 atom stereocenters. The van der Waals surface area contributed by atoms with Gasteiger partial charge in [-0.1, -0.05) is 49.8 Å². The zero-order valence-corrected chi connectivity index (χ0v) is 17.7. The molecule has 8 nitrogen and oxygen atoms in total. The SMILES string of the molecule is C=C(N)N=C/C(=C\N)c1ccc([C@@](C)(c2noc(-c3ccn(C)n3)n2)C(C)C)cc1. The predicted octanol–water partition coefficient (Wildman–Crippen LogP) is 3.23. The fourth-order valence-electron chi connectivity index (χ4n) is 3.16. The summed E-state index contributed by atoms with van der Waals surface area (Å²) in [6.45, 7) is 9.94. The largest absolute Gasteiger partial charge is 0.404 e. The van der Waals surface area contributed by atoms with E-state index in [0.29, 0.717) is 17.4 Å². The maximum absolute atomic E-state index is 5.75. The third-order valence-corrected chi connectivity index (χ3v) is 5.34. The van der Waals surface area contributed by atoms with E-state index in [2.05, 4.69) is 47.6 Å². The Labute approximate surface area is 176 Å².